The maximum Gasteiger partial charge on any atom is 0.257 e. The number of benzene rings is 1. The van der Waals surface area contributed by atoms with Gasteiger partial charge in [0.05, 0.1) is 10.6 Å². The number of nitrogens with one attached hydrogen (secondary N) is 1. The summed E-state index contributed by atoms with van der Waals surface area (Å²) in [5, 5.41) is 20.9. The monoisotopic (exact) mass is 429 g/mol. The summed E-state index contributed by atoms with van der Waals surface area (Å²) < 4.78 is 6.70. The van der Waals surface area contributed by atoms with E-state index in [1.807, 2.05) is 18.2 Å². The lowest BCUT2D eigenvalue weighted by molar-refractivity contribution is 0.529. The van der Waals surface area contributed by atoms with Crippen molar-refractivity contribution in [3.63, 3.8) is 0 Å². The van der Waals surface area contributed by atoms with E-state index in [9.17, 15) is 0 Å². The zero-order valence-electron chi connectivity index (χ0n) is 15.5. The second-order valence-electron chi connectivity index (χ2n) is 6.07. The normalized spacial score (nSPS) is 11.1. The highest BCUT2D eigenvalue weighted by atomic mass is 32.2. The molecule has 0 amide bonds. The lowest BCUT2D eigenvalue weighted by atomic mass is 10.2. The van der Waals surface area contributed by atoms with Crippen LogP contribution in [-0.2, 0) is 18.7 Å². The van der Waals surface area contributed by atoms with Gasteiger partial charge in [0, 0.05) is 11.4 Å². The molecule has 0 fully saturated rings. The summed E-state index contributed by atoms with van der Waals surface area (Å²) in [6.45, 7) is 5.00. The summed E-state index contributed by atoms with van der Waals surface area (Å²) in [4.78, 5) is 2.38. The zero-order valence-corrected chi connectivity index (χ0v) is 18.0. The second kappa shape index (κ2) is 8.85. The molecule has 0 atom stereocenters. The maximum absolute atomic E-state index is 5.82. The minimum atomic E-state index is 0.575. The largest absolute Gasteiger partial charge is 0.419 e. The van der Waals surface area contributed by atoms with Crippen LogP contribution in [0.1, 0.15) is 28.8 Å². The lowest BCUT2D eigenvalue weighted by Gasteiger charge is -2.00. The van der Waals surface area contributed by atoms with E-state index in [0.717, 1.165) is 27.3 Å². The molecule has 0 aliphatic heterocycles. The molecule has 0 bridgehead atoms. The predicted octanol–water partition coefficient (Wildman–Crippen LogP) is 5.42. The Morgan fingerprint density at radius 1 is 1.07 bits per heavy atom. The molecule has 3 heterocycles. The SMILES string of the molecule is CCc1sc(-c2nnc(CSc3nnc(NCc4ccccc4)s3)o2)cc1C. The summed E-state index contributed by atoms with van der Waals surface area (Å²) >= 11 is 4.79. The Bertz CT molecular complexity index is 1040. The molecule has 0 unspecified atom stereocenters. The molecule has 4 aromatic rings. The molecule has 3 aromatic heterocycles. The van der Waals surface area contributed by atoms with Gasteiger partial charge in [-0.3, -0.25) is 0 Å². The van der Waals surface area contributed by atoms with E-state index in [-0.39, 0.29) is 0 Å². The highest BCUT2D eigenvalue weighted by Crippen LogP contribution is 2.32. The van der Waals surface area contributed by atoms with Crippen molar-refractivity contribution >= 4 is 39.6 Å². The summed E-state index contributed by atoms with van der Waals surface area (Å²) in [6.07, 6.45) is 1.02. The van der Waals surface area contributed by atoms with Crippen molar-refractivity contribution < 1.29 is 4.42 Å². The fourth-order valence-electron chi connectivity index (χ4n) is 2.62. The third-order valence-corrected chi connectivity index (χ3v) is 7.40. The average Bonchev–Trinajstić information content (AvgIpc) is 3.45. The summed E-state index contributed by atoms with van der Waals surface area (Å²) in [5.74, 6) is 1.76. The van der Waals surface area contributed by atoms with Crippen LogP contribution < -0.4 is 5.32 Å². The number of thiophene rings is 1. The first-order valence-electron chi connectivity index (χ1n) is 8.87. The van der Waals surface area contributed by atoms with Crippen LogP contribution in [0.15, 0.2) is 45.2 Å². The lowest BCUT2D eigenvalue weighted by Crippen LogP contribution is -1.98. The predicted molar refractivity (Wildman–Crippen MR) is 115 cm³/mol. The van der Waals surface area contributed by atoms with Crippen LogP contribution in [-0.4, -0.2) is 20.4 Å². The fourth-order valence-corrected chi connectivity index (χ4v) is 5.24. The van der Waals surface area contributed by atoms with Gasteiger partial charge in [-0.15, -0.1) is 31.7 Å². The molecule has 1 N–H and O–H groups in total. The summed E-state index contributed by atoms with van der Waals surface area (Å²) in [6, 6.07) is 12.3. The van der Waals surface area contributed by atoms with Gasteiger partial charge in [0.15, 0.2) is 4.34 Å². The van der Waals surface area contributed by atoms with Gasteiger partial charge >= 0.3 is 0 Å². The van der Waals surface area contributed by atoms with E-state index < -0.39 is 0 Å². The first-order valence-corrected chi connectivity index (χ1v) is 11.5. The second-order valence-corrected chi connectivity index (χ2v) is 9.41. The van der Waals surface area contributed by atoms with Crippen LogP contribution in [0, 0.1) is 6.92 Å². The number of aromatic nitrogens is 4. The zero-order chi connectivity index (χ0) is 19.3. The average molecular weight is 430 g/mol. The Hall–Kier alpha value is -2.23. The highest BCUT2D eigenvalue weighted by molar-refractivity contribution is 8.00. The molecule has 4 rings (SSSR count). The molecule has 0 saturated heterocycles. The van der Waals surface area contributed by atoms with Gasteiger partial charge in [-0.25, -0.2) is 0 Å². The number of rotatable bonds is 8. The molecule has 6 nitrogen and oxygen atoms in total. The van der Waals surface area contributed by atoms with Crippen molar-refractivity contribution in [2.24, 2.45) is 0 Å². The molecule has 144 valence electrons. The Kier molecular flexibility index (Phi) is 6.04. The van der Waals surface area contributed by atoms with Crippen molar-refractivity contribution in [1.29, 1.82) is 0 Å². The summed E-state index contributed by atoms with van der Waals surface area (Å²) in [7, 11) is 0. The minimum absolute atomic E-state index is 0.575. The van der Waals surface area contributed by atoms with Crippen molar-refractivity contribution in [3.05, 3.63) is 58.3 Å². The number of nitrogens with zero attached hydrogens (tertiary/aromatic N) is 4. The van der Waals surface area contributed by atoms with Crippen LogP contribution in [0.5, 0.6) is 0 Å². The van der Waals surface area contributed by atoms with E-state index >= 15 is 0 Å². The van der Waals surface area contributed by atoms with Crippen molar-refractivity contribution in [2.75, 3.05) is 5.32 Å². The first-order chi connectivity index (χ1) is 13.7. The Morgan fingerprint density at radius 2 is 1.93 bits per heavy atom. The quantitative estimate of drug-likeness (QED) is 0.374. The standard InChI is InChI=1S/C19H19N5OS3/c1-3-14-12(2)9-15(27-14)17-22-21-16(25-17)11-26-19-24-23-18(28-19)20-10-13-7-5-4-6-8-13/h4-9H,3,10-11H2,1-2H3,(H,20,23). The number of aryl methyl sites for hydroxylation is 2. The van der Waals surface area contributed by atoms with Gasteiger partial charge in [0.2, 0.25) is 11.0 Å². The Morgan fingerprint density at radius 3 is 2.71 bits per heavy atom. The highest BCUT2D eigenvalue weighted by Gasteiger charge is 2.14. The maximum atomic E-state index is 5.82. The topological polar surface area (TPSA) is 76.7 Å². The molecule has 0 radical (unpaired) electrons. The number of hydrogen-bond acceptors (Lipinski definition) is 9. The third kappa shape index (κ3) is 4.60. The van der Waals surface area contributed by atoms with Crippen molar-refractivity contribution in [3.8, 4) is 10.8 Å². The van der Waals surface area contributed by atoms with E-state index in [4.69, 9.17) is 4.42 Å². The fraction of sp³-hybridized carbons (Fsp3) is 0.263. The number of anilines is 1. The molecule has 28 heavy (non-hydrogen) atoms. The van der Waals surface area contributed by atoms with Crippen LogP contribution >= 0.6 is 34.4 Å². The molecule has 0 spiro atoms. The van der Waals surface area contributed by atoms with Crippen LogP contribution in [0.3, 0.4) is 0 Å². The van der Waals surface area contributed by atoms with Crippen molar-refractivity contribution in [2.45, 2.75) is 36.9 Å². The molecule has 9 heteroatoms. The molecule has 1 aromatic carbocycles. The van der Waals surface area contributed by atoms with E-state index in [1.165, 1.54) is 27.3 Å². The van der Waals surface area contributed by atoms with Gasteiger partial charge in [-0.1, -0.05) is 60.4 Å². The van der Waals surface area contributed by atoms with Gasteiger partial charge in [-0.2, -0.15) is 0 Å². The van der Waals surface area contributed by atoms with Gasteiger partial charge < -0.3 is 9.73 Å². The van der Waals surface area contributed by atoms with E-state index in [2.05, 4.69) is 57.8 Å². The minimum Gasteiger partial charge on any atom is -0.419 e. The van der Waals surface area contributed by atoms with E-state index in [0.29, 0.717) is 17.5 Å². The molecule has 0 saturated carbocycles. The Balaban J connectivity index is 1.32. The third-order valence-electron chi connectivity index (χ3n) is 4.03. The molecule has 0 aliphatic rings. The van der Waals surface area contributed by atoms with Crippen LogP contribution in [0.4, 0.5) is 5.13 Å². The van der Waals surface area contributed by atoms with Gasteiger partial charge in [-0.05, 0) is 30.5 Å². The van der Waals surface area contributed by atoms with Crippen LogP contribution in [0.2, 0.25) is 0 Å². The summed E-state index contributed by atoms with van der Waals surface area (Å²) in [5.41, 5.74) is 2.49. The molecular weight excluding hydrogens is 410 g/mol. The molecular formula is C19H19N5OS3. The van der Waals surface area contributed by atoms with Gasteiger partial charge in [0.25, 0.3) is 5.89 Å². The number of thioether (sulfide) groups is 1. The molecule has 0 aliphatic carbocycles. The van der Waals surface area contributed by atoms with E-state index in [1.54, 1.807) is 23.1 Å². The van der Waals surface area contributed by atoms with Crippen LogP contribution in [0.25, 0.3) is 10.8 Å². The van der Waals surface area contributed by atoms with Gasteiger partial charge in [0.1, 0.15) is 0 Å². The first kappa shape index (κ1) is 19.1. The van der Waals surface area contributed by atoms with Crippen molar-refractivity contribution in [1.82, 2.24) is 20.4 Å². The smallest absolute Gasteiger partial charge is 0.257 e. The Labute approximate surface area is 175 Å². The number of hydrogen-bond donors (Lipinski definition) is 1.